The summed E-state index contributed by atoms with van der Waals surface area (Å²) in [6.07, 6.45) is 5.66. The average molecular weight is 262 g/mol. The number of hydrogen-bond acceptors (Lipinski definition) is 5. The summed E-state index contributed by atoms with van der Waals surface area (Å²) >= 11 is 1.69. The minimum absolute atomic E-state index is 0.220. The van der Waals surface area contributed by atoms with Crippen molar-refractivity contribution in [3.63, 3.8) is 0 Å². The van der Waals surface area contributed by atoms with Crippen LogP contribution in [0, 0.1) is 6.92 Å². The van der Waals surface area contributed by atoms with Crippen LogP contribution in [0.3, 0.4) is 0 Å². The summed E-state index contributed by atoms with van der Waals surface area (Å²) in [7, 11) is 0. The number of aromatic nitrogens is 3. The molecule has 0 spiro atoms. The van der Waals surface area contributed by atoms with Crippen LogP contribution in [0.4, 0.5) is 0 Å². The Morgan fingerprint density at radius 2 is 2.22 bits per heavy atom. The van der Waals surface area contributed by atoms with Gasteiger partial charge in [-0.2, -0.15) is 0 Å². The molecule has 1 N–H and O–H groups in total. The highest BCUT2D eigenvalue weighted by atomic mass is 32.1. The minimum atomic E-state index is 0.220. The molecular formula is C13H18N4S. The van der Waals surface area contributed by atoms with Crippen molar-refractivity contribution in [2.45, 2.75) is 32.7 Å². The first-order chi connectivity index (χ1) is 8.79. The van der Waals surface area contributed by atoms with E-state index in [0.29, 0.717) is 0 Å². The zero-order chi connectivity index (χ0) is 12.8. The normalized spacial score (nSPS) is 12.6. The third-order valence-electron chi connectivity index (χ3n) is 2.66. The lowest BCUT2D eigenvalue weighted by Crippen LogP contribution is -2.25. The van der Waals surface area contributed by atoms with Crippen molar-refractivity contribution in [2.24, 2.45) is 0 Å². The zero-order valence-corrected chi connectivity index (χ0v) is 11.6. The van der Waals surface area contributed by atoms with Gasteiger partial charge in [-0.05, 0) is 26.0 Å². The summed E-state index contributed by atoms with van der Waals surface area (Å²) in [5, 5.41) is 6.68. The fourth-order valence-corrected chi connectivity index (χ4v) is 2.46. The summed E-state index contributed by atoms with van der Waals surface area (Å²) < 4.78 is 0. The van der Waals surface area contributed by atoms with Gasteiger partial charge >= 0.3 is 0 Å². The van der Waals surface area contributed by atoms with Crippen molar-refractivity contribution in [1.82, 2.24) is 20.3 Å². The Bertz CT molecular complexity index is 470. The molecule has 0 aliphatic heterocycles. The summed E-state index contributed by atoms with van der Waals surface area (Å²) in [5.41, 5.74) is 1.05. The third-order valence-corrected chi connectivity index (χ3v) is 3.46. The summed E-state index contributed by atoms with van der Waals surface area (Å²) in [6, 6.07) is 2.20. The Labute approximate surface area is 112 Å². The second-order valence-corrected chi connectivity index (χ2v) is 5.14. The Morgan fingerprint density at radius 3 is 2.89 bits per heavy atom. The molecule has 0 bridgehead atoms. The molecule has 2 heterocycles. The molecule has 0 aromatic carbocycles. The number of aryl methyl sites for hydroxylation is 1. The van der Waals surface area contributed by atoms with Crippen molar-refractivity contribution in [2.75, 3.05) is 6.54 Å². The molecule has 2 rings (SSSR count). The highest BCUT2D eigenvalue weighted by molar-refractivity contribution is 7.09. The third kappa shape index (κ3) is 3.58. The molecule has 0 fully saturated rings. The fourth-order valence-electron chi connectivity index (χ4n) is 1.80. The molecule has 0 radical (unpaired) electrons. The van der Waals surface area contributed by atoms with Gasteiger partial charge < -0.3 is 5.32 Å². The Morgan fingerprint density at radius 1 is 1.33 bits per heavy atom. The van der Waals surface area contributed by atoms with Crippen LogP contribution in [0.2, 0.25) is 0 Å². The van der Waals surface area contributed by atoms with E-state index in [1.54, 1.807) is 11.3 Å². The van der Waals surface area contributed by atoms with Crippen molar-refractivity contribution < 1.29 is 0 Å². The molecule has 2 aromatic rings. The fraction of sp³-hybridized carbons (Fsp3) is 0.462. The number of thiazole rings is 1. The highest BCUT2D eigenvalue weighted by Gasteiger charge is 2.14. The number of nitrogens with zero attached hydrogens (tertiary/aromatic N) is 3. The van der Waals surface area contributed by atoms with Gasteiger partial charge in [0.1, 0.15) is 5.82 Å². The van der Waals surface area contributed by atoms with Gasteiger partial charge in [0.2, 0.25) is 0 Å². The zero-order valence-electron chi connectivity index (χ0n) is 10.8. The van der Waals surface area contributed by atoms with Crippen molar-refractivity contribution in [1.29, 1.82) is 0 Å². The maximum atomic E-state index is 4.51. The quantitative estimate of drug-likeness (QED) is 0.869. The van der Waals surface area contributed by atoms with Crippen LogP contribution in [0.15, 0.2) is 23.8 Å². The first-order valence-corrected chi connectivity index (χ1v) is 7.09. The first kappa shape index (κ1) is 13.1. The van der Waals surface area contributed by atoms with Gasteiger partial charge in [-0.1, -0.05) is 6.92 Å². The van der Waals surface area contributed by atoms with Crippen LogP contribution >= 0.6 is 11.3 Å². The molecule has 0 saturated carbocycles. The highest BCUT2D eigenvalue weighted by Crippen LogP contribution is 2.18. The Kier molecular flexibility index (Phi) is 4.78. The predicted octanol–water partition coefficient (Wildman–Crippen LogP) is 2.52. The molecule has 0 saturated heterocycles. The van der Waals surface area contributed by atoms with Crippen LogP contribution < -0.4 is 5.32 Å². The monoisotopic (exact) mass is 262 g/mol. The second kappa shape index (κ2) is 6.56. The lowest BCUT2D eigenvalue weighted by atomic mass is 10.1. The van der Waals surface area contributed by atoms with Crippen LogP contribution in [-0.2, 0) is 6.42 Å². The maximum absolute atomic E-state index is 4.51. The lowest BCUT2D eigenvalue weighted by Gasteiger charge is -2.17. The van der Waals surface area contributed by atoms with Crippen molar-refractivity contribution in [3.8, 4) is 0 Å². The number of hydrogen-bond donors (Lipinski definition) is 1. The van der Waals surface area contributed by atoms with E-state index in [-0.39, 0.29) is 6.04 Å². The standard InChI is InChI=1S/C13H18N4S/c1-3-5-15-12(9-13-16-7-8-18-13)11-4-6-14-10(2)17-11/h4,6-8,12,15H,3,5,9H2,1-2H3. The van der Waals surface area contributed by atoms with E-state index < -0.39 is 0 Å². The lowest BCUT2D eigenvalue weighted by molar-refractivity contribution is 0.514. The molecule has 18 heavy (non-hydrogen) atoms. The predicted molar refractivity (Wildman–Crippen MR) is 73.6 cm³/mol. The first-order valence-electron chi connectivity index (χ1n) is 6.21. The molecule has 1 unspecified atom stereocenters. The van der Waals surface area contributed by atoms with Crippen LogP contribution in [0.25, 0.3) is 0 Å². The van der Waals surface area contributed by atoms with E-state index in [9.17, 15) is 0 Å². The molecule has 5 heteroatoms. The summed E-state index contributed by atoms with van der Waals surface area (Å²) in [6.45, 7) is 5.07. The molecule has 1 atom stereocenters. The second-order valence-electron chi connectivity index (χ2n) is 4.17. The molecule has 0 amide bonds. The van der Waals surface area contributed by atoms with Gasteiger partial charge in [0.05, 0.1) is 16.7 Å². The van der Waals surface area contributed by atoms with Gasteiger partial charge in [0.15, 0.2) is 0 Å². The van der Waals surface area contributed by atoms with E-state index in [4.69, 9.17) is 0 Å². The van der Waals surface area contributed by atoms with Gasteiger partial charge in [-0.3, -0.25) is 0 Å². The molecular weight excluding hydrogens is 244 g/mol. The number of rotatable bonds is 6. The van der Waals surface area contributed by atoms with E-state index in [0.717, 1.165) is 35.9 Å². The number of nitrogens with one attached hydrogen (secondary N) is 1. The van der Waals surface area contributed by atoms with Crippen molar-refractivity contribution in [3.05, 3.63) is 40.4 Å². The van der Waals surface area contributed by atoms with E-state index in [1.165, 1.54) is 0 Å². The van der Waals surface area contributed by atoms with Gasteiger partial charge in [-0.15, -0.1) is 11.3 Å². The topological polar surface area (TPSA) is 50.7 Å². The Balaban J connectivity index is 2.13. The van der Waals surface area contributed by atoms with E-state index in [2.05, 4.69) is 27.2 Å². The average Bonchev–Trinajstić information content (AvgIpc) is 2.87. The summed E-state index contributed by atoms with van der Waals surface area (Å²) in [5.74, 6) is 0.815. The minimum Gasteiger partial charge on any atom is -0.308 e. The van der Waals surface area contributed by atoms with Crippen molar-refractivity contribution >= 4 is 11.3 Å². The van der Waals surface area contributed by atoms with Crippen LogP contribution in [-0.4, -0.2) is 21.5 Å². The summed E-state index contributed by atoms with van der Waals surface area (Å²) in [4.78, 5) is 13.0. The van der Waals surface area contributed by atoms with Crippen LogP contribution in [0.1, 0.15) is 35.9 Å². The van der Waals surface area contributed by atoms with E-state index >= 15 is 0 Å². The molecule has 4 nitrogen and oxygen atoms in total. The van der Waals surface area contributed by atoms with Gasteiger partial charge in [0, 0.05) is 24.2 Å². The van der Waals surface area contributed by atoms with Gasteiger partial charge in [0.25, 0.3) is 0 Å². The largest absolute Gasteiger partial charge is 0.308 e. The molecule has 0 aliphatic rings. The molecule has 2 aromatic heterocycles. The van der Waals surface area contributed by atoms with Gasteiger partial charge in [-0.25, -0.2) is 15.0 Å². The molecule has 0 aliphatic carbocycles. The Hall–Kier alpha value is -1.33. The molecule has 96 valence electrons. The maximum Gasteiger partial charge on any atom is 0.125 e. The van der Waals surface area contributed by atoms with E-state index in [1.807, 2.05) is 30.8 Å². The SMILES string of the molecule is CCCNC(Cc1nccs1)c1ccnc(C)n1. The van der Waals surface area contributed by atoms with Crippen LogP contribution in [0.5, 0.6) is 0 Å². The smallest absolute Gasteiger partial charge is 0.125 e.